The van der Waals surface area contributed by atoms with Crippen molar-refractivity contribution in [2.75, 3.05) is 36.5 Å². The molecular weight excluding hydrogens is 475 g/mol. The van der Waals surface area contributed by atoms with Crippen molar-refractivity contribution in [3.05, 3.63) is 78.5 Å². The zero-order valence-corrected chi connectivity index (χ0v) is 18.8. The Morgan fingerprint density at radius 3 is 2.53 bits per heavy atom. The summed E-state index contributed by atoms with van der Waals surface area (Å²) in [5, 5.41) is 6.78. The third kappa shape index (κ3) is 5.03. The molecule has 0 aliphatic carbocycles. The van der Waals surface area contributed by atoms with Crippen LogP contribution in [0.1, 0.15) is 16.1 Å². The lowest BCUT2D eigenvalue weighted by Crippen LogP contribution is -2.36. The molecule has 36 heavy (non-hydrogen) atoms. The van der Waals surface area contributed by atoms with Crippen molar-refractivity contribution in [1.29, 1.82) is 0 Å². The zero-order chi connectivity index (χ0) is 25.1. The Labute approximate surface area is 203 Å². The highest BCUT2D eigenvalue weighted by atomic mass is 19.4. The summed E-state index contributed by atoms with van der Waals surface area (Å²) in [7, 11) is 0. The Morgan fingerprint density at radius 2 is 1.83 bits per heavy atom. The molecule has 1 aliphatic rings. The van der Waals surface area contributed by atoms with Crippen molar-refractivity contribution in [3.63, 3.8) is 0 Å². The molecule has 1 fully saturated rings. The minimum absolute atomic E-state index is 0.0916. The number of halogens is 3. The monoisotopic (exact) mass is 495 g/mol. The van der Waals surface area contributed by atoms with Gasteiger partial charge >= 0.3 is 6.18 Å². The van der Waals surface area contributed by atoms with Crippen molar-refractivity contribution in [2.45, 2.75) is 6.18 Å². The minimum atomic E-state index is -4.64. The van der Waals surface area contributed by atoms with Gasteiger partial charge in [-0.15, -0.1) is 0 Å². The summed E-state index contributed by atoms with van der Waals surface area (Å²) in [6, 6.07) is 10.3. The van der Waals surface area contributed by atoms with Crippen LogP contribution >= 0.6 is 0 Å². The van der Waals surface area contributed by atoms with E-state index in [1.807, 2.05) is 4.90 Å². The number of nitrogens with zero attached hydrogens (tertiary/aromatic N) is 6. The lowest BCUT2D eigenvalue weighted by Gasteiger charge is -2.27. The Balaban J connectivity index is 1.36. The lowest BCUT2D eigenvalue weighted by molar-refractivity contribution is -0.142. The molecule has 5 heterocycles. The molecule has 184 valence electrons. The van der Waals surface area contributed by atoms with E-state index in [4.69, 9.17) is 4.74 Å². The molecule has 1 aliphatic heterocycles. The van der Waals surface area contributed by atoms with Gasteiger partial charge in [0.05, 0.1) is 30.8 Å². The second kappa shape index (κ2) is 9.74. The topological polar surface area (TPSA) is 98.1 Å². The van der Waals surface area contributed by atoms with Crippen molar-refractivity contribution in [3.8, 4) is 16.9 Å². The number of carbonyl (C=O) groups is 1. The maximum atomic E-state index is 13.7. The van der Waals surface area contributed by atoms with Gasteiger partial charge < -0.3 is 15.0 Å². The van der Waals surface area contributed by atoms with Crippen molar-refractivity contribution in [2.24, 2.45) is 0 Å². The summed E-state index contributed by atoms with van der Waals surface area (Å²) < 4.78 is 47.2. The zero-order valence-electron chi connectivity index (χ0n) is 18.8. The first kappa shape index (κ1) is 23.4. The fraction of sp³-hybridized carbons (Fsp3) is 0.208. The van der Waals surface area contributed by atoms with Gasteiger partial charge in [0.1, 0.15) is 17.3 Å². The number of hydrogen-bond donors (Lipinski definition) is 1. The molecule has 0 bridgehead atoms. The number of ether oxygens (including phenoxy) is 1. The molecule has 0 spiro atoms. The van der Waals surface area contributed by atoms with Gasteiger partial charge in [0, 0.05) is 42.8 Å². The van der Waals surface area contributed by atoms with E-state index in [2.05, 4.69) is 25.4 Å². The number of rotatable bonds is 5. The minimum Gasteiger partial charge on any atom is -0.378 e. The molecular formula is C24H20F3N7O2. The molecule has 1 saturated heterocycles. The summed E-state index contributed by atoms with van der Waals surface area (Å²) in [4.78, 5) is 27.2. The van der Waals surface area contributed by atoms with Crippen LogP contribution in [0.3, 0.4) is 0 Å². The second-order valence-corrected chi connectivity index (χ2v) is 7.92. The van der Waals surface area contributed by atoms with Crippen LogP contribution < -0.4 is 10.2 Å². The van der Waals surface area contributed by atoms with Crippen LogP contribution in [-0.4, -0.2) is 56.9 Å². The Kier molecular flexibility index (Phi) is 6.34. The van der Waals surface area contributed by atoms with E-state index in [1.165, 1.54) is 30.7 Å². The highest BCUT2D eigenvalue weighted by molar-refractivity contribution is 6.04. The summed E-state index contributed by atoms with van der Waals surface area (Å²) in [6.07, 6.45) is 1.09. The molecule has 0 unspecified atom stereocenters. The second-order valence-electron chi connectivity index (χ2n) is 7.92. The lowest BCUT2D eigenvalue weighted by atomic mass is 10.2. The molecule has 0 atom stereocenters. The van der Waals surface area contributed by atoms with Crippen LogP contribution in [0, 0.1) is 0 Å². The molecule has 4 aromatic heterocycles. The molecule has 1 N–H and O–H groups in total. The first-order valence-electron chi connectivity index (χ1n) is 11.0. The number of alkyl halides is 3. The molecule has 0 aromatic carbocycles. The Bertz CT molecular complexity index is 1350. The SMILES string of the molecule is O=C(Nc1ccc(-n2nc(-c3cccnc3)cc2C(F)(F)F)cn1)c1ccnc(N2CCOCC2)c1. The fourth-order valence-corrected chi connectivity index (χ4v) is 3.73. The highest BCUT2D eigenvalue weighted by Crippen LogP contribution is 2.34. The average Bonchev–Trinajstić information content (AvgIpc) is 3.37. The van der Waals surface area contributed by atoms with Crippen LogP contribution in [0.5, 0.6) is 0 Å². The van der Waals surface area contributed by atoms with E-state index in [0.717, 1.165) is 10.7 Å². The van der Waals surface area contributed by atoms with E-state index in [-0.39, 0.29) is 17.2 Å². The number of carbonyl (C=O) groups excluding carboxylic acids is 1. The van der Waals surface area contributed by atoms with E-state index in [0.29, 0.717) is 43.2 Å². The average molecular weight is 495 g/mol. The number of pyridine rings is 3. The van der Waals surface area contributed by atoms with E-state index < -0.39 is 17.8 Å². The molecule has 0 radical (unpaired) electrons. The molecule has 0 saturated carbocycles. The van der Waals surface area contributed by atoms with Crippen LogP contribution in [-0.2, 0) is 10.9 Å². The normalized spacial score (nSPS) is 14.0. The van der Waals surface area contributed by atoms with Crippen LogP contribution in [0.4, 0.5) is 24.8 Å². The van der Waals surface area contributed by atoms with E-state index in [1.54, 1.807) is 30.5 Å². The van der Waals surface area contributed by atoms with Crippen molar-refractivity contribution >= 4 is 17.5 Å². The van der Waals surface area contributed by atoms with Gasteiger partial charge in [0.25, 0.3) is 5.91 Å². The standard InChI is InChI=1S/C24H20F3N7O2/c25-24(26,27)20-13-19(17-2-1-6-28-14-17)32-34(20)18-3-4-21(30-15-18)31-23(35)16-5-7-29-22(12-16)33-8-10-36-11-9-33/h1-7,12-15H,8-11H2,(H,30,31,35). The fourth-order valence-electron chi connectivity index (χ4n) is 3.73. The first-order chi connectivity index (χ1) is 17.4. The first-order valence-corrected chi connectivity index (χ1v) is 11.0. The van der Waals surface area contributed by atoms with Gasteiger partial charge in [-0.3, -0.25) is 9.78 Å². The maximum absolute atomic E-state index is 13.7. The van der Waals surface area contributed by atoms with Gasteiger partial charge in [-0.2, -0.15) is 18.3 Å². The van der Waals surface area contributed by atoms with Crippen molar-refractivity contribution < 1.29 is 22.7 Å². The van der Waals surface area contributed by atoms with Gasteiger partial charge in [0.2, 0.25) is 0 Å². The predicted molar refractivity (Wildman–Crippen MR) is 125 cm³/mol. The van der Waals surface area contributed by atoms with Crippen LogP contribution in [0.15, 0.2) is 67.3 Å². The molecule has 4 aromatic rings. The summed E-state index contributed by atoms with van der Waals surface area (Å²) in [6.45, 7) is 2.53. The van der Waals surface area contributed by atoms with Crippen molar-refractivity contribution in [1.82, 2.24) is 24.7 Å². The number of anilines is 2. The number of morpholine rings is 1. The van der Waals surface area contributed by atoms with Gasteiger partial charge in [-0.1, -0.05) is 0 Å². The van der Waals surface area contributed by atoms with Gasteiger partial charge in [0.15, 0.2) is 0 Å². The largest absolute Gasteiger partial charge is 0.433 e. The number of amides is 1. The number of aromatic nitrogens is 5. The predicted octanol–water partition coefficient (Wildman–Crippen LogP) is 3.83. The third-order valence-electron chi connectivity index (χ3n) is 5.53. The van der Waals surface area contributed by atoms with E-state index >= 15 is 0 Å². The molecule has 5 rings (SSSR count). The number of nitrogens with one attached hydrogen (secondary N) is 1. The molecule has 1 amide bonds. The molecule has 12 heteroatoms. The molecule has 9 nitrogen and oxygen atoms in total. The van der Waals surface area contributed by atoms with Gasteiger partial charge in [-0.05, 0) is 42.5 Å². The third-order valence-corrected chi connectivity index (χ3v) is 5.53. The maximum Gasteiger partial charge on any atom is 0.433 e. The summed E-state index contributed by atoms with van der Waals surface area (Å²) >= 11 is 0. The van der Waals surface area contributed by atoms with E-state index in [9.17, 15) is 18.0 Å². The van der Waals surface area contributed by atoms with Gasteiger partial charge in [-0.25, -0.2) is 14.6 Å². The summed E-state index contributed by atoms with van der Waals surface area (Å²) in [5.74, 6) is 0.430. The van der Waals surface area contributed by atoms with Crippen LogP contribution in [0.25, 0.3) is 16.9 Å². The Morgan fingerprint density at radius 1 is 1.00 bits per heavy atom. The Hall–Kier alpha value is -4.32. The van der Waals surface area contributed by atoms with Crippen LogP contribution in [0.2, 0.25) is 0 Å². The summed E-state index contributed by atoms with van der Waals surface area (Å²) in [5.41, 5.74) is 0.0974. The highest BCUT2D eigenvalue weighted by Gasteiger charge is 2.36. The smallest absolute Gasteiger partial charge is 0.378 e. The quantitative estimate of drug-likeness (QED) is 0.449. The number of hydrogen-bond acceptors (Lipinski definition) is 7.